The molecule has 0 amide bonds. The first kappa shape index (κ1) is 17.7. The Morgan fingerprint density at radius 3 is 2.41 bits per heavy atom. The minimum absolute atomic E-state index is 0.528. The van der Waals surface area contributed by atoms with Gasteiger partial charge in [0.2, 0.25) is 11.9 Å². The van der Waals surface area contributed by atoms with Gasteiger partial charge in [-0.15, -0.1) is 0 Å². The maximum atomic E-state index is 6.17. The van der Waals surface area contributed by atoms with Crippen molar-refractivity contribution in [3.05, 3.63) is 59.6 Å². The average molecular weight is 381 g/mol. The summed E-state index contributed by atoms with van der Waals surface area (Å²) in [4.78, 5) is 18.5. The molecule has 1 N–H and O–H groups in total. The topological polar surface area (TPSA) is 57.2 Å². The second-order valence-electron chi connectivity index (χ2n) is 6.57. The number of hydrogen-bond acceptors (Lipinski definition) is 6. The summed E-state index contributed by atoms with van der Waals surface area (Å²) in [6.45, 7) is 3.75. The van der Waals surface area contributed by atoms with Crippen molar-refractivity contribution in [3.8, 4) is 11.4 Å². The van der Waals surface area contributed by atoms with E-state index in [1.165, 1.54) is 0 Å². The second-order valence-corrected chi connectivity index (χ2v) is 7.01. The molecule has 0 radical (unpaired) electrons. The van der Waals surface area contributed by atoms with E-state index in [0.29, 0.717) is 22.7 Å². The van der Waals surface area contributed by atoms with E-state index < -0.39 is 0 Å². The fraction of sp³-hybridized carbons (Fsp3) is 0.250. The van der Waals surface area contributed by atoms with Crippen molar-refractivity contribution < 1.29 is 0 Å². The van der Waals surface area contributed by atoms with Crippen molar-refractivity contribution in [1.29, 1.82) is 0 Å². The minimum atomic E-state index is 0.528. The SMILES string of the molecule is CN1CCN(c2nc(Nc3ccccc3)nc(-c3cccc(Cl)c3)n2)CC1. The molecular formula is C20H21ClN6. The predicted octanol–water partition coefficient (Wildman–Crippen LogP) is 3.69. The van der Waals surface area contributed by atoms with Gasteiger partial charge in [0.05, 0.1) is 0 Å². The first-order chi connectivity index (χ1) is 13.2. The Morgan fingerprint density at radius 2 is 1.67 bits per heavy atom. The lowest BCUT2D eigenvalue weighted by Crippen LogP contribution is -2.45. The van der Waals surface area contributed by atoms with Crippen molar-refractivity contribution in [2.75, 3.05) is 43.4 Å². The van der Waals surface area contributed by atoms with Crippen LogP contribution in [0.2, 0.25) is 5.02 Å². The highest BCUT2D eigenvalue weighted by atomic mass is 35.5. The Kier molecular flexibility index (Phi) is 5.18. The molecule has 0 aliphatic carbocycles. The predicted molar refractivity (Wildman–Crippen MR) is 110 cm³/mol. The standard InChI is InChI=1S/C20H21ClN6/c1-26-10-12-27(13-11-26)20-24-18(15-6-5-7-16(21)14-15)23-19(25-20)22-17-8-3-2-4-9-17/h2-9,14H,10-13H2,1H3,(H,22,23,24,25). The van der Waals surface area contributed by atoms with E-state index >= 15 is 0 Å². The van der Waals surface area contributed by atoms with Gasteiger partial charge in [-0.25, -0.2) is 0 Å². The van der Waals surface area contributed by atoms with E-state index in [2.05, 4.69) is 32.1 Å². The van der Waals surface area contributed by atoms with Crippen LogP contribution in [0.1, 0.15) is 0 Å². The summed E-state index contributed by atoms with van der Waals surface area (Å²) < 4.78 is 0. The molecule has 0 unspecified atom stereocenters. The van der Waals surface area contributed by atoms with Crippen LogP contribution in [0, 0.1) is 0 Å². The number of benzene rings is 2. The highest BCUT2D eigenvalue weighted by Gasteiger charge is 2.19. The minimum Gasteiger partial charge on any atom is -0.338 e. The fourth-order valence-corrected chi connectivity index (χ4v) is 3.17. The monoisotopic (exact) mass is 380 g/mol. The number of halogens is 1. The molecule has 0 spiro atoms. The molecule has 0 atom stereocenters. The van der Waals surface area contributed by atoms with Crippen LogP contribution < -0.4 is 10.2 Å². The van der Waals surface area contributed by atoms with Crippen LogP contribution in [0.5, 0.6) is 0 Å². The summed E-state index contributed by atoms with van der Waals surface area (Å²) in [6.07, 6.45) is 0. The molecule has 7 heteroatoms. The number of hydrogen-bond donors (Lipinski definition) is 1. The Bertz CT molecular complexity index is 909. The summed E-state index contributed by atoms with van der Waals surface area (Å²) in [5.41, 5.74) is 1.81. The Labute approximate surface area is 163 Å². The summed E-state index contributed by atoms with van der Waals surface area (Å²) in [5, 5.41) is 3.94. The molecule has 3 aromatic rings. The van der Waals surface area contributed by atoms with Crippen LogP contribution in [-0.2, 0) is 0 Å². The molecule has 4 rings (SSSR count). The average Bonchev–Trinajstić information content (AvgIpc) is 2.69. The number of piperazine rings is 1. The molecular weight excluding hydrogens is 360 g/mol. The van der Waals surface area contributed by atoms with E-state index in [1.54, 1.807) is 0 Å². The lowest BCUT2D eigenvalue weighted by atomic mass is 10.2. The quantitative estimate of drug-likeness (QED) is 0.745. The summed E-state index contributed by atoms with van der Waals surface area (Å²) >= 11 is 6.17. The second kappa shape index (κ2) is 7.90. The molecule has 0 bridgehead atoms. The van der Waals surface area contributed by atoms with E-state index in [4.69, 9.17) is 16.6 Å². The maximum absolute atomic E-state index is 6.17. The zero-order valence-electron chi connectivity index (χ0n) is 15.1. The van der Waals surface area contributed by atoms with Gasteiger partial charge in [0.25, 0.3) is 0 Å². The van der Waals surface area contributed by atoms with Crippen LogP contribution in [0.15, 0.2) is 54.6 Å². The molecule has 2 aromatic carbocycles. The van der Waals surface area contributed by atoms with Gasteiger partial charge in [-0.2, -0.15) is 15.0 Å². The molecule has 6 nitrogen and oxygen atoms in total. The fourth-order valence-electron chi connectivity index (χ4n) is 2.98. The van der Waals surface area contributed by atoms with Gasteiger partial charge in [-0.1, -0.05) is 41.9 Å². The van der Waals surface area contributed by atoms with Crippen molar-refractivity contribution >= 4 is 29.2 Å². The first-order valence-corrected chi connectivity index (χ1v) is 9.33. The van der Waals surface area contributed by atoms with Gasteiger partial charge in [-0.05, 0) is 31.3 Å². The van der Waals surface area contributed by atoms with Gasteiger partial charge in [-0.3, -0.25) is 0 Å². The van der Waals surface area contributed by atoms with Crippen LogP contribution >= 0.6 is 11.6 Å². The van der Waals surface area contributed by atoms with Gasteiger partial charge >= 0.3 is 0 Å². The van der Waals surface area contributed by atoms with Crippen molar-refractivity contribution in [3.63, 3.8) is 0 Å². The third-order valence-electron chi connectivity index (χ3n) is 4.52. The van der Waals surface area contributed by atoms with E-state index in [0.717, 1.165) is 37.4 Å². The third-order valence-corrected chi connectivity index (χ3v) is 4.76. The zero-order chi connectivity index (χ0) is 18.6. The molecule has 1 fully saturated rings. The molecule has 1 aromatic heterocycles. The number of nitrogens with one attached hydrogen (secondary N) is 1. The number of rotatable bonds is 4. The van der Waals surface area contributed by atoms with E-state index in [9.17, 15) is 0 Å². The van der Waals surface area contributed by atoms with Gasteiger partial charge in [0.15, 0.2) is 5.82 Å². The number of anilines is 3. The Balaban J connectivity index is 1.71. The van der Waals surface area contributed by atoms with Crippen molar-refractivity contribution in [1.82, 2.24) is 19.9 Å². The largest absolute Gasteiger partial charge is 0.338 e. The van der Waals surface area contributed by atoms with Crippen LogP contribution in [0.4, 0.5) is 17.6 Å². The van der Waals surface area contributed by atoms with Crippen LogP contribution in [0.25, 0.3) is 11.4 Å². The van der Waals surface area contributed by atoms with Crippen molar-refractivity contribution in [2.45, 2.75) is 0 Å². The summed E-state index contributed by atoms with van der Waals surface area (Å²) in [5.74, 6) is 1.83. The molecule has 1 aliphatic rings. The van der Waals surface area contributed by atoms with Crippen molar-refractivity contribution in [2.24, 2.45) is 0 Å². The first-order valence-electron chi connectivity index (χ1n) is 8.95. The zero-order valence-corrected chi connectivity index (χ0v) is 15.9. The van der Waals surface area contributed by atoms with E-state index in [1.807, 2.05) is 54.6 Å². The molecule has 27 heavy (non-hydrogen) atoms. The summed E-state index contributed by atoms with van der Waals surface area (Å²) in [7, 11) is 2.13. The summed E-state index contributed by atoms with van der Waals surface area (Å²) in [6, 6.07) is 17.5. The number of nitrogens with zero attached hydrogens (tertiary/aromatic N) is 5. The van der Waals surface area contributed by atoms with Gasteiger partial charge < -0.3 is 15.1 Å². The third kappa shape index (κ3) is 4.35. The lowest BCUT2D eigenvalue weighted by Gasteiger charge is -2.32. The van der Waals surface area contributed by atoms with Gasteiger partial charge in [0, 0.05) is 42.5 Å². The number of para-hydroxylation sites is 1. The van der Waals surface area contributed by atoms with Crippen LogP contribution in [-0.4, -0.2) is 53.1 Å². The lowest BCUT2D eigenvalue weighted by molar-refractivity contribution is 0.311. The highest BCUT2D eigenvalue weighted by molar-refractivity contribution is 6.30. The highest BCUT2D eigenvalue weighted by Crippen LogP contribution is 2.24. The smallest absolute Gasteiger partial charge is 0.232 e. The molecule has 1 saturated heterocycles. The number of likely N-dealkylation sites (N-methyl/N-ethyl adjacent to an activating group) is 1. The number of aromatic nitrogens is 3. The molecule has 1 aliphatic heterocycles. The van der Waals surface area contributed by atoms with Crippen LogP contribution in [0.3, 0.4) is 0 Å². The maximum Gasteiger partial charge on any atom is 0.232 e. The Morgan fingerprint density at radius 1 is 0.889 bits per heavy atom. The van der Waals surface area contributed by atoms with Gasteiger partial charge in [0.1, 0.15) is 0 Å². The molecule has 138 valence electrons. The Hall–Kier alpha value is -2.70. The molecule has 2 heterocycles. The van der Waals surface area contributed by atoms with E-state index in [-0.39, 0.29) is 0 Å². The molecule has 0 saturated carbocycles. The normalized spacial score (nSPS) is 15.0.